The van der Waals surface area contributed by atoms with E-state index in [0.717, 1.165) is 25.9 Å². The van der Waals surface area contributed by atoms with E-state index in [-0.39, 0.29) is 5.91 Å². The van der Waals surface area contributed by atoms with E-state index < -0.39 is 0 Å². The maximum atomic E-state index is 12.1. The van der Waals surface area contributed by atoms with Gasteiger partial charge >= 0.3 is 0 Å². The van der Waals surface area contributed by atoms with Crippen LogP contribution in [0, 0.1) is 0 Å². The van der Waals surface area contributed by atoms with Crippen LogP contribution in [0.4, 0.5) is 0 Å². The first-order valence-corrected chi connectivity index (χ1v) is 37.4. The summed E-state index contributed by atoms with van der Waals surface area (Å²) in [4.78, 5) is 12.1. The van der Waals surface area contributed by atoms with Gasteiger partial charge in [0.15, 0.2) is 0 Å². The van der Waals surface area contributed by atoms with Crippen molar-refractivity contribution in [1.29, 1.82) is 0 Å². The summed E-state index contributed by atoms with van der Waals surface area (Å²) < 4.78 is 127. The second-order valence-electron chi connectivity index (χ2n) is 22.5. The zero-order chi connectivity index (χ0) is 68.6. The Morgan fingerprint density at radius 2 is 0.302 bits per heavy atom. The minimum atomic E-state index is 0.116. The van der Waals surface area contributed by atoms with Crippen LogP contribution < -0.4 is 5.32 Å². The van der Waals surface area contributed by atoms with Gasteiger partial charge in [0.1, 0.15) is 0 Å². The SMILES string of the molecule is CCCCCCCCCCCCCCCCCCCCCC(=O)NCCOCCOCCOCCOCCOCCOCCOCCOCCOCCOCCOCCOCCOCCOCCOCCOCCOCCOCCOCCOCCOCCOCCOCCC. The van der Waals surface area contributed by atoms with Crippen molar-refractivity contribution < 1.29 is 114 Å². The van der Waals surface area contributed by atoms with Crippen LogP contribution in [0.3, 0.4) is 0 Å². The van der Waals surface area contributed by atoms with Gasteiger partial charge in [0, 0.05) is 19.6 Å². The predicted octanol–water partition coefficient (Wildman–Crippen LogP) is 8.72. The average molecular weight is 1390 g/mol. The first-order chi connectivity index (χ1) is 47.8. The Hall–Kier alpha value is -1.45. The smallest absolute Gasteiger partial charge is 0.220 e. The lowest BCUT2D eigenvalue weighted by atomic mass is 10.0. The van der Waals surface area contributed by atoms with E-state index in [9.17, 15) is 4.79 Å². The Bertz CT molecular complexity index is 1380. The molecule has 0 saturated carbocycles. The van der Waals surface area contributed by atoms with Gasteiger partial charge in [-0.15, -0.1) is 0 Å². The average Bonchev–Trinajstić information content (AvgIpc) is 3.64. The van der Waals surface area contributed by atoms with Crippen LogP contribution in [0.2, 0.25) is 0 Å². The minimum Gasteiger partial charge on any atom is -0.379 e. The normalized spacial score (nSPS) is 11.7. The molecular formula is C71H143NO24. The predicted molar refractivity (Wildman–Crippen MR) is 370 cm³/mol. The second kappa shape index (κ2) is 91.6. The summed E-state index contributed by atoms with van der Waals surface area (Å²) in [6.07, 6.45) is 27.3. The van der Waals surface area contributed by atoms with Crippen molar-refractivity contribution in [2.45, 2.75) is 149 Å². The van der Waals surface area contributed by atoms with E-state index >= 15 is 0 Å². The standard InChI is InChI=1S/C71H143NO24/c1-3-5-6-7-8-9-10-11-12-13-14-15-16-17-18-19-20-21-22-23-71(73)72-24-26-75-28-30-77-32-34-79-36-38-81-40-42-83-44-46-85-48-50-87-52-54-89-56-58-91-60-62-93-64-66-95-68-70-96-69-67-94-65-63-92-61-59-90-57-55-88-53-51-86-49-47-84-45-43-82-41-39-80-37-35-78-33-31-76-29-27-74-25-4-2/h3-70H2,1-2H3,(H,72,73). The van der Waals surface area contributed by atoms with Crippen molar-refractivity contribution in [3.8, 4) is 0 Å². The Balaban J connectivity index is 3.12. The molecule has 0 atom stereocenters. The summed E-state index contributed by atoms with van der Waals surface area (Å²) in [6.45, 7) is 28.2. The van der Waals surface area contributed by atoms with Crippen molar-refractivity contribution >= 4 is 5.91 Å². The molecule has 0 aromatic rings. The molecule has 25 heteroatoms. The highest BCUT2D eigenvalue weighted by Crippen LogP contribution is 2.15. The molecular weight excluding hydrogens is 1250 g/mol. The van der Waals surface area contributed by atoms with E-state index in [1.54, 1.807) is 0 Å². The van der Waals surface area contributed by atoms with Crippen molar-refractivity contribution in [3.63, 3.8) is 0 Å². The van der Waals surface area contributed by atoms with Crippen LogP contribution in [0.25, 0.3) is 0 Å². The van der Waals surface area contributed by atoms with Gasteiger partial charge in [-0.25, -0.2) is 0 Å². The van der Waals surface area contributed by atoms with Gasteiger partial charge in [-0.2, -0.15) is 0 Å². The topological polar surface area (TPSA) is 241 Å². The molecule has 0 aliphatic rings. The number of ether oxygens (including phenoxy) is 23. The van der Waals surface area contributed by atoms with E-state index in [0.29, 0.717) is 310 Å². The maximum Gasteiger partial charge on any atom is 0.220 e. The van der Waals surface area contributed by atoms with Gasteiger partial charge in [0.2, 0.25) is 5.91 Å². The Labute approximate surface area is 582 Å². The van der Waals surface area contributed by atoms with Crippen molar-refractivity contribution in [2.75, 3.05) is 310 Å². The van der Waals surface area contributed by atoms with Gasteiger partial charge in [0.05, 0.1) is 297 Å². The number of nitrogens with one attached hydrogen (secondary N) is 1. The summed E-state index contributed by atoms with van der Waals surface area (Å²) in [5, 5.41) is 2.96. The summed E-state index contributed by atoms with van der Waals surface area (Å²) in [5.41, 5.74) is 0. The van der Waals surface area contributed by atoms with Crippen LogP contribution in [0.5, 0.6) is 0 Å². The lowest BCUT2D eigenvalue weighted by Crippen LogP contribution is -2.27. The first kappa shape index (κ1) is 94.6. The van der Waals surface area contributed by atoms with Gasteiger partial charge in [-0.1, -0.05) is 129 Å². The summed E-state index contributed by atoms with van der Waals surface area (Å²) >= 11 is 0. The number of carbonyl (C=O) groups is 1. The van der Waals surface area contributed by atoms with E-state index in [2.05, 4.69) is 19.2 Å². The molecule has 0 aromatic heterocycles. The number of hydrogen-bond donors (Lipinski definition) is 1. The van der Waals surface area contributed by atoms with Gasteiger partial charge in [0.25, 0.3) is 0 Å². The Kier molecular flexibility index (Phi) is 90.2. The van der Waals surface area contributed by atoms with Gasteiger partial charge < -0.3 is 114 Å². The molecule has 0 radical (unpaired) electrons. The molecule has 0 fully saturated rings. The zero-order valence-corrected chi connectivity index (χ0v) is 60.9. The van der Waals surface area contributed by atoms with Crippen LogP contribution in [0.15, 0.2) is 0 Å². The number of carbonyl (C=O) groups excluding carboxylic acids is 1. The first-order valence-electron chi connectivity index (χ1n) is 37.4. The number of unbranched alkanes of at least 4 members (excludes halogenated alkanes) is 18. The maximum absolute atomic E-state index is 12.1. The summed E-state index contributed by atoms with van der Waals surface area (Å²) in [6, 6.07) is 0. The van der Waals surface area contributed by atoms with Crippen molar-refractivity contribution in [3.05, 3.63) is 0 Å². The molecule has 0 aromatic carbocycles. The Morgan fingerprint density at radius 3 is 0.458 bits per heavy atom. The van der Waals surface area contributed by atoms with E-state index in [1.807, 2.05) is 0 Å². The molecule has 0 heterocycles. The summed E-state index contributed by atoms with van der Waals surface area (Å²) in [5.74, 6) is 0.116. The fourth-order valence-corrected chi connectivity index (χ4v) is 8.80. The third-order valence-electron chi connectivity index (χ3n) is 14.1. The van der Waals surface area contributed by atoms with Crippen molar-refractivity contribution in [1.82, 2.24) is 5.32 Å². The molecule has 1 amide bonds. The third kappa shape index (κ3) is 90.6. The van der Waals surface area contributed by atoms with Crippen LogP contribution in [-0.4, -0.2) is 316 Å². The van der Waals surface area contributed by atoms with Gasteiger partial charge in [-0.3, -0.25) is 4.79 Å². The molecule has 96 heavy (non-hydrogen) atoms. The van der Waals surface area contributed by atoms with Crippen LogP contribution in [-0.2, 0) is 114 Å². The quantitative estimate of drug-likeness (QED) is 0.0560. The van der Waals surface area contributed by atoms with Gasteiger partial charge in [-0.05, 0) is 12.8 Å². The molecule has 0 unspecified atom stereocenters. The second-order valence-corrected chi connectivity index (χ2v) is 22.5. The van der Waals surface area contributed by atoms with E-state index in [4.69, 9.17) is 109 Å². The highest BCUT2D eigenvalue weighted by atomic mass is 16.6. The number of rotatable bonds is 91. The monoisotopic (exact) mass is 1390 g/mol. The summed E-state index contributed by atoms with van der Waals surface area (Å²) in [7, 11) is 0. The number of hydrogen-bond acceptors (Lipinski definition) is 24. The number of amides is 1. The third-order valence-corrected chi connectivity index (χ3v) is 14.1. The van der Waals surface area contributed by atoms with E-state index in [1.165, 1.54) is 109 Å². The largest absolute Gasteiger partial charge is 0.379 e. The molecule has 0 spiro atoms. The lowest BCUT2D eigenvalue weighted by Gasteiger charge is -2.09. The fraction of sp³-hybridized carbons (Fsp3) is 0.986. The fourth-order valence-electron chi connectivity index (χ4n) is 8.80. The minimum absolute atomic E-state index is 0.116. The van der Waals surface area contributed by atoms with Crippen LogP contribution >= 0.6 is 0 Å². The zero-order valence-electron chi connectivity index (χ0n) is 60.9. The van der Waals surface area contributed by atoms with Crippen LogP contribution in [0.1, 0.15) is 149 Å². The molecule has 0 saturated heterocycles. The molecule has 1 N–H and O–H groups in total. The molecule has 0 aliphatic carbocycles. The molecule has 0 bridgehead atoms. The highest BCUT2D eigenvalue weighted by Gasteiger charge is 2.04. The molecule has 576 valence electrons. The molecule has 25 nitrogen and oxygen atoms in total. The lowest BCUT2D eigenvalue weighted by molar-refractivity contribution is -0.121. The Morgan fingerprint density at radius 1 is 0.167 bits per heavy atom. The molecule has 0 rings (SSSR count). The molecule has 0 aliphatic heterocycles. The highest BCUT2D eigenvalue weighted by molar-refractivity contribution is 5.75. The van der Waals surface area contributed by atoms with Crippen molar-refractivity contribution in [2.24, 2.45) is 0 Å².